The van der Waals surface area contributed by atoms with Crippen LogP contribution in [0.1, 0.15) is 25.5 Å². The fraction of sp³-hybridized carbons (Fsp3) is 0.333. The molecule has 124 valence electrons. The fourth-order valence-electron chi connectivity index (χ4n) is 1.84. The molecule has 0 spiro atoms. The molecule has 0 bridgehead atoms. The van der Waals surface area contributed by atoms with Gasteiger partial charge in [-0.25, -0.2) is 23.1 Å². The lowest BCUT2D eigenvalue weighted by Gasteiger charge is -2.09. The molecule has 0 radical (unpaired) electrons. The number of anilines is 1. The lowest BCUT2D eigenvalue weighted by molar-refractivity contribution is 0.583. The highest BCUT2D eigenvalue weighted by molar-refractivity contribution is 7.89. The highest BCUT2D eigenvalue weighted by Crippen LogP contribution is 2.14. The minimum absolute atomic E-state index is 0.181. The molecular weight excluding hydrogens is 336 g/mol. The van der Waals surface area contributed by atoms with Gasteiger partial charge in [-0.3, -0.25) is 0 Å². The van der Waals surface area contributed by atoms with Crippen molar-refractivity contribution in [3.05, 3.63) is 47.2 Å². The molecule has 0 amide bonds. The molecular formula is C15H19ClN4O2S. The van der Waals surface area contributed by atoms with E-state index in [0.29, 0.717) is 23.4 Å². The van der Waals surface area contributed by atoms with Crippen molar-refractivity contribution < 1.29 is 8.42 Å². The zero-order valence-corrected chi connectivity index (χ0v) is 14.5. The van der Waals surface area contributed by atoms with E-state index in [2.05, 4.69) is 20.0 Å². The first-order chi connectivity index (χ1) is 10.9. The summed E-state index contributed by atoms with van der Waals surface area (Å²) in [6, 6.07) is 7.87. The Kier molecular flexibility index (Phi) is 5.92. The molecule has 1 aromatic carbocycles. The Bertz CT molecular complexity index is 748. The van der Waals surface area contributed by atoms with Gasteiger partial charge in [0.25, 0.3) is 0 Å². The highest BCUT2D eigenvalue weighted by Gasteiger charge is 2.12. The molecule has 0 fully saturated rings. The third-order valence-corrected chi connectivity index (χ3v) is 4.82. The maximum absolute atomic E-state index is 12.1. The van der Waals surface area contributed by atoms with Crippen molar-refractivity contribution in [2.24, 2.45) is 0 Å². The lowest BCUT2D eigenvalue weighted by atomic mass is 10.1. The molecule has 0 saturated carbocycles. The van der Waals surface area contributed by atoms with Gasteiger partial charge in [-0.05, 0) is 36.2 Å². The van der Waals surface area contributed by atoms with E-state index >= 15 is 0 Å². The SMILES string of the molecule is CC(C)c1ccnc(NCCNS(=O)(=O)c2ccc(Cl)cc2)n1. The van der Waals surface area contributed by atoms with Crippen molar-refractivity contribution in [2.45, 2.75) is 24.7 Å². The Hall–Kier alpha value is -1.70. The first-order valence-corrected chi connectivity index (χ1v) is 9.06. The zero-order chi connectivity index (χ0) is 16.9. The van der Waals surface area contributed by atoms with Gasteiger partial charge in [0.15, 0.2) is 0 Å². The summed E-state index contributed by atoms with van der Waals surface area (Å²) in [5.41, 5.74) is 0.934. The van der Waals surface area contributed by atoms with E-state index in [4.69, 9.17) is 11.6 Å². The molecule has 8 heteroatoms. The number of aromatic nitrogens is 2. The first-order valence-electron chi connectivity index (χ1n) is 7.20. The minimum Gasteiger partial charge on any atom is -0.353 e. The maximum atomic E-state index is 12.1. The number of halogens is 1. The quantitative estimate of drug-likeness (QED) is 0.747. The first kappa shape index (κ1) is 17.7. The molecule has 0 aliphatic rings. The van der Waals surface area contributed by atoms with E-state index in [-0.39, 0.29) is 11.4 Å². The number of hydrogen-bond donors (Lipinski definition) is 2. The van der Waals surface area contributed by atoms with Gasteiger partial charge in [-0.2, -0.15) is 0 Å². The van der Waals surface area contributed by atoms with E-state index in [1.807, 2.05) is 19.9 Å². The Balaban J connectivity index is 1.87. The molecule has 0 aliphatic heterocycles. The Morgan fingerprint density at radius 2 is 1.83 bits per heavy atom. The third-order valence-electron chi connectivity index (χ3n) is 3.09. The lowest BCUT2D eigenvalue weighted by Crippen LogP contribution is -2.29. The summed E-state index contributed by atoms with van der Waals surface area (Å²) in [4.78, 5) is 8.65. The van der Waals surface area contributed by atoms with Crippen LogP contribution < -0.4 is 10.0 Å². The van der Waals surface area contributed by atoms with Crippen LogP contribution in [-0.4, -0.2) is 31.5 Å². The smallest absolute Gasteiger partial charge is 0.240 e. The van der Waals surface area contributed by atoms with E-state index in [0.717, 1.165) is 5.69 Å². The highest BCUT2D eigenvalue weighted by atomic mass is 35.5. The normalized spacial score (nSPS) is 11.7. The summed E-state index contributed by atoms with van der Waals surface area (Å²) in [6.45, 7) is 4.70. The van der Waals surface area contributed by atoms with Gasteiger partial charge in [0.2, 0.25) is 16.0 Å². The van der Waals surface area contributed by atoms with E-state index in [9.17, 15) is 8.42 Å². The predicted molar refractivity (Wildman–Crippen MR) is 91.3 cm³/mol. The molecule has 0 atom stereocenters. The second-order valence-electron chi connectivity index (χ2n) is 5.24. The standard InChI is InChI=1S/C15H19ClN4O2S/c1-11(2)14-7-8-17-15(20-14)18-9-10-19-23(21,22)13-5-3-12(16)4-6-13/h3-8,11,19H,9-10H2,1-2H3,(H,17,18,20). The average Bonchev–Trinajstić information content (AvgIpc) is 2.52. The Morgan fingerprint density at radius 1 is 1.13 bits per heavy atom. The second-order valence-corrected chi connectivity index (χ2v) is 7.44. The third kappa shape index (κ3) is 5.16. The minimum atomic E-state index is -3.54. The molecule has 2 N–H and O–H groups in total. The van der Waals surface area contributed by atoms with Crippen molar-refractivity contribution in [2.75, 3.05) is 18.4 Å². The largest absolute Gasteiger partial charge is 0.353 e. The number of hydrogen-bond acceptors (Lipinski definition) is 5. The van der Waals surface area contributed by atoms with Crippen molar-refractivity contribution in [3.8, 4) is 0 Å². The van der Waals surface area contributed by atoms with Gasteiger partial charge in [0.1, 0.15) is 0 Å². The summed E-state index contributed by atoms with van der Waals surface area (Å²) < 4.78 is 26.7. The molecule has 6 nitrogen and oxygen atoms in total. The van der Waals surface area contributed by atoms with E-state index < -0.39 is 10.0 Å². The number of rotatable bonds is 7. The monoisotopic (exact) mass is 354 g/mol. The van der Waals surface area contributed by atoms with Crippen LogP contribution in [0.2, 0.25) is 5.02 Å². The number of nitrogens with zero attached hydrogens (tertiary/aromatic N) is 2. The topological polar surface area (TPSA) is 84.0 Å². The molecule has 2 rings (SSSR count). The number of benzene rings is 1. The summed E-state index contributed by atoms with van der Waals surface area (Å²) in [5.74, 6) is 0.795. The van der Waals surface area contributed by atoms with Crippen LogP contribution in [0.4, 0.5) is 5.95 Å². The zero-order valence-electron chi connectivity index (χ0n) is 13.0. The fourth-order valence-corrected chi connectivity index (χ4v) is 2.99. The summed E-state index contributed by atoms with van der Waals surface area (Å²) >= 11 is 5.75. The van der Waals surface area contributed by atoms with Crippen molar-refractivity contribution in [1.29, 1.82) is 0 Å². The Morgan fingerprint density at radius 3 is 2.48 bits per heavy atom. The van der Waals surface area contributed by atoms with Crippen LogP contribution in [-0.2, 0) is 10.0 Å². The van der Waals surface area contributed by atoms with Gasteiger partial charge in [-0.1, -0.05) is 25.4 Å². The number of sulfonamides is 1. The van der Waals surface area contributed by atoms with E-state index in [1.165, 1.54) is 12.1 Å². The van der Waals surface area contributed by atoms with Crippen molar-refractivity contribution in [1.82, 2.24) is 14.7 Å². The van der Waals surface area contributed by atoms with Crippen molar-refractivity contribution >= 4 is 27.6 Å². The van der Waals surface area contributed by atoms with Gasteiger partial charge in [-0.15, -0.1) is 0 Å². The molecule has 0 aliphatic carbocycles. The van der Waals surface area contributed by atoms with Crippen LogP contribution in [0.15, 0.2) is 41.4 Å². The molecule has 0 unspecified atom stereocenters. The molecule has 1 heterocycles. The maximum Gasteiger partial charge on any atom is 0.240 e. The van der Waals surface area contributed by atoms with Gasteiger partial charge < -0.3 is 5.32 Å². The summed E-state index contributed by atoms with van der Waals surface area (Å²) in [7, 11) is -3.54. The number of nitrogens with one attached hydrogen (secondary N) is 2. The summed E-state index contributed by atoms with van der Waals surface area (Å²) in [5, 5.41) is 3.50. The van der Waals surface area contributed by atoms with Crippen LogP contribution >= 0.6 is 11.6 Å². The van der Waals surface area contributed by atoms with Crippen LogP contribution in [0.25, 0.3) is 0 Å². The van der Waals surface area contributed by atoms with Gasteiger partial charge >= 0.3 is 0 Å². The molecule has 23 heavy (non-hydrogen) atoms. The summed E-state index contributed by atoms with van der Waals surface area (Å²) in [6.07, 6.45) is 1.68. The van der Waals surface area contributed by atoms with E-state index in [1.54, 1.807) is 18.3 Å². The van der Waals surface area contributed by atoms with Gasteiger partial charge in [0.05, 0.1) is 4.90 Å². The van der Waals surface area contributed by atoms with Crippen LogP contribution in [0.5, 0.6) is 0 Å². The molecule has 0 saturated heterocycles. The van der Waals surface area contributed by atoms with Crippen LogP contribution in [0, 0.1) is 0 Å². The van der Waals surface area contributed by atoms with Crippen molar-refractivity contribution in [3.63, 3.8) is 0 Å². The molecule has 1 aromatic heterocycles. The average molecular weight is 355 g/mol. The molecule has 2 aromatic rings. The van der Waals surface area contributed by atoms with Crippen LogP contribution in [0.3, 0.4) is 0 Å². The predicted octanol–water partition coefficient (Wildman–Crippen LogP) is 2.64. The Labute approximate surface area is 141 Å². The van der Waals surface area contributed by atoms with Gasteiger partial charge in [0, 0.05) is 30.0 Å². The second kappa shape index (κ2) is 7.72.